The van der Waals surface area contributed by atoms with Crippen molar-refractivity contribution in [2.24, 2.45) is 0 Å². The Morgan fingerprint density at radius 1 is 1.00 bits per heavy atom. The van der Waals surface area contributed by atoms with Gasteiger partial charge >= 0.3 is 0 Å². The number of amides is 1. The average molecular weight is 386 g/mol. The van der Waals surface area contributed by atoms with Crippen LogP contribution < -0.4 is 15.6 Å². The standard InChI is InChI=1S/C24H22N2O3/c1-15(2)21-13-23(27)26-22-12-18(8-10-20(21)22)25-24(28)14-29-19-9-7-16-5-3-4-6-17(16)11-19/h3-13,15H,14H2,1-2H3,(H,25,28)(H,26,27). The molecule has 0 saturated carbocycles. The Morgan fingerprint density at radius 2 is 1.79 bits per heavy atom. The fraction of sp³-hybridized carbons (Fsp3) is 0.167. The SMILES string of the molecule is CC(C)c1cc(=O)[nH]c2cc(NC(=O)COc3ccc4ccccc4c3)ccc12. The van der Waals surface area contributed by atoms with E-state index in [9.17, 15) is 9.59 Å². The van der Waals surface area contributed by atoms with Crippen LogP contribution in [0.1, 0.15) is 25.3 Å². The summed E-state index contributed by atoms with van der Waals surface area (Å²) in [6.07, 6.45) is 0. The van der Waals surface area contributed by atoms with Crippen molar-refractivity contribution in [2.45, 2.75) is 19.8 Å². The Morgan fingerprint density at radius 3 is 2.59 bits per heavy atom. The first-order chi connectivity index (χ1) is 14.0. The zero-order chi connectivity index (χ0) is 20.4. The third-order valence-electron chi connectivity index (χ3n) is 4.87. The van der Waals surface area contributed by atoms with Crippen LogP contribution in [-0.4, -0.2) is 17.5 Å². The van der Waals surface area contributed by atoms with Crippen LogP contribution in [0.15, 0.2) is 71.5 Å². The summed E-state index contributed by atoms with van der Waals surface area (Å²) in [7, 11) is 0. The maximum absolute atomic E-state index is 12.3. The van der Waals surface area contributed by atoms with Gasteiger partial charge in [0.15, 0.2) is 6.61 Å². The summed E-state index contributed by atoms with van der Waals surface area (Å²) >= 11 is 0. The Hall–Kier alpha value is -3.60. The van der Waals surface area contributed by atoms with Crippen molar-refractivity contribution in [1.29, 1.82) is 0 Å². The maximum atomic E-state index is 12.3. The predicted octanol–water partition coefficient (Wildman–Crippen LogP) is 4.82. The fourth-order valence-corrected chi connectivity index (χ4v) is 3.45. The molecule has 1 heterocycles. The molecule has 0 unspecified atom stereocenters. The number of nitrogens with one attached hydrogen (secondary N) is 2. The number of pyridine rings is 1. The van der Waals surface area contributed by atoms with E-state index < -0.39 is 0 Å². The number of aromatic nitrogens is 1. The number of hydrogen-bond donors (Lipinski definition) is 2. The lowest BCUT2D eigenvalue weighted by molar-refractivity contribution is -0.118. The van der Waals surface area contributed by atoms with Gasteiger partial charge in [-0.15, -0.1) is 0 Å². The van der Waals surface area contributed by atoms with Crippen LogP contribution in [0, 0.1) is 0 Å². The van der Waals surface area contributed by atoms with Gasteiger partial charge in [-0.2, -0.15) is 0 Å². The highest BCUT2D eigenvalue weighted by Gasteiger charge is 2.10. The highest BCUT2D eigenvalue weighted by Crippen LogP contribution is 2.25. The molecule has 146 valence electrons. The molecule has 0 aliphatic carbocycles. The summed E-state index contributed by atoms with van der Waals surface area (Å²) in [4.78, 5) is 27.1. The van der Waals surface area contributed by atoms with Crippen LogP contribution in [0.5, 0.6) is 5.75 Å². The molecular formula is C24H22N2O3. The minimum Gasteiger partial charge on any atom is -0.484 e. The van der Waals surface area contributed by atoms with Gasteiger partial charge in [-0.3, -0.25) is 9.59 Å². The van der Waals surface area contributed by atoms with E-state index in [1.165, 1.54) is 0 Å². The highest BCUT2D eigenvalue weighted by molar-refractivity contribution is 5.95. The lowest BCUT2D eigenvalue weighted by atomic mass is 9.99. The van der Waals surface area contributed by atoms with E-state index in [4.69, 9.17) is 4.74 Å². The number of hydrogen-bond acceptors (Lipinski definition) is 3. The highest BCUT2D eigenvalue weighted by atomic mass is 16.5. The minimum atomic E-state index is -0.264. The summed E-state index contributed by atoms with van der Waals surface area (Å²) in [6, 6.07) is 20.9. The zero-order valence-corrected chi connectivity index (χ0v) is 16.4. The molecule has 4 aromatic rings. The van der Waals surface area contributed by atoms with Crippen molar-refractivity contribution in [3.63, 3.8) is 0 Å². The van der Waals surface area contributed by atoms with Crippen LogP contribution in [0.4, 0.5) is 5.69 Å². The van der Waals surface area contributed by atoms with Crippen LogP contribution in [0.25, 0.3) is 21.7 Å². The van der Waals surface area contributed by atoms with Crippen molar-refractivity contribution >= 4 is 33.3 Å². The number of fused-ring (bicyclic) bond motifs is 2. The largest absolute Gasteiger partial charge is 0.484 e. The third-order valence-corrected chi connectivity index (χ3v) is 4.87. The Balaban J connectivity index is 1.47. The number of aromatic amines is 1. The molecule has 0 saturated heterocycles. The number of carbonyl (C=O) groups is 1. The van der Waals surface area contributed by atoms with E-state index in [1.54, 1.807) is 12.1 Å². The number of benzene rings is 3. The molecule has 4 rings (SSSR count). The molecule has 2 N–H and O–H groups in total. The van der Waals surface area contributed by atoms with E-state index in [-0.39, 0.29) is 24.0 Å². The molecule has 29 heavy (non-hydrogen) atoms. The minimum absolute atomic E-state index is 0.0983. The molecule has 0 radical (unpaired) electrons. The van der Waals surface area contributed by atoms with E-state index in [0.29, 0.717) is 17.0 Å². The second-order valence-electron chi connectivity index (χ2n) is 7.35. The lowest BCUT2D eigenvalue weighted by Gasteiger charge is -2.12. The fourth-order valence-electron chi connectivity index (χ4n) is 3.45. The molecule has 0 aliphatic heterocycles. The van der Waals surface area contributed by atoms with Crippen molar-refractivity contribution < 1.29 is 9.53 Å². The van der Waals surface area contributed by atoms with Gasteiger partial charge in [0.05, 0.1) is 5.52 Å². The van der Waals surface area contributed by atoms with Gasteiger partial charge in [0.1, 0.15) is 5.75 Å². The van der Waals surface area contributed by atoms with Crippen molar-refractivity contribution in [3.8, 4) is 5.75 Å². The van der Waals surface area contributed by atoms with Crippen molar-refractivity contribution in [2.75, 3.05) is 11.9 Å². The first-order valence-electron chi connectivity index (χ1n) is 9.58. The Bertz CT molecular complexity index is 1260. The number of carbonyl (C=O) groups excluding carboxylic acids is 1. The number of anilines is 1. The van der Waals surface area contributed by atoms with Gasteiger partial charge in [0, 0.05) is 17.1 Å². The van der Waals surface area contributed by atoms with Crippen LogP contribution >= 0.6 is 0 Å². The second-order valence-corrected chi connectivity index (χ2v) is 7.35. The van der Waals surface area contributed by atoms with Crippen LogP contribution in [0.2, 0.25) is 0 Å². The van der Waals surface area contributed by atoms with Gasteiger partial charge < -0.3 is 15.0 Å². The molecule has 1 amide bonds. The predicted molar refractivity (Wildman–Crippen MR) is 117 cm³/mol. The average Bonchev–Trinajstić information content (AvgIpc) is 2.71. The maximum Gasteiger partial charge on any atom is 0.262 e. The second kappa shape index (κ2) is 7.80. The molecule has 5 heteroatoms. The summed E-state index contributed by atoms with van der Waals surface area (Å²) in [5.41, 5.74) is 2.15. The summed E-state index contributed by atoms with van der Waals surface area (Å²) < 4.78 is 5.64. The first kappa shape index (κ1) is 18.7. The van der Waals surface area contributed by atoms with Gasteiger partial charge in [-0.1, -0.05) is 50.2 Å². The Labute approximate surface area is 168 Å². The molecule has 0 atom stereocenters. The van der Waals surface area contributed by atoms with Crippen molar-refractivity contribution in [1.82, 2.24) is 4.98 Å². The summed E-state index contributed by atoms with van der Waals surface area (Å²) in [5.74, 6) is 0.610. The number of ether oxygens (including phenoxy) is 1. The molecular weight excluding hydrogens is 364 g/mol. The normalized spacial score (nSPS) is 11.1. The molecule has 3 aromatic carbocycles. The quantitative estimate of drug-likeness (QED) is 0.516. The first-order valence-corrected chi connectivity index (χ1v) is 9.58. The molecule has 0 spiro atoms. The molecule has 5 nitrogen and oxygen atoms in total. The topological polar surface area (TPSA) is 71.2 Å². The summed E-state index contributed by atoms with van der Waals surface area (Å²) in [6.45, 7) is 4.00. The molecule has 0 aliphatic rings. The van der Waals surface area contributed by atoms with Gasteiger partial charge in [-0.25, -0.2) is 0 Å². The van der Waals surface area contributed by atoms with E-state index in [0.717, 1.165) is 21.7 Å². The number of H-pyrrole nitrogens is 1. The third kappa shape index (κ3) is 4.14. The lowest BCUT2D eigenvalue weighted by Crippen LogP contribution is -2.20. The monoisotopic (exact) mass is 386 g/mol. The van der Waals surface area contributed by atoms with E-state index in [1.807, 2.05) is 68.4 Å². The van der Waals surface area contributed by atoms with Gasteiger partial charge in [0.2, 0.25) is 5.56 Å². The zero-order valence-electron chi connectivity index (χ0n) is 16.4. The molecule has 0 fully saturated rings. The smallest absolute Gasteiger partial charge is 0.262 e. The van der Waals surface area contributed by atoms with Gasteiger partial charge in [0.25, 0.3) is 5.91 Å². The molecule has 1 aromatic heterocycles. The van der Waals surface area contributed by atoms with Gasteiger partial charge in [-0.05, 0) is 46.5 Å². The Kier molecular flexibility index (Phi) is 5.04. The van der Waals surface area contributed by atoms with E-state index >= 15 is 0 Å². The van der Waals surface area contributed by atoms with E-state index in [2.05, 4.69) is 10.3 Å². The number of rotatable bonds is 5. The summed E-state index contributed by atoms with van der Waals surface area (Å²) in [5, 5.41) is 5.98. The van der Waals surface area contributed by atoms with Crippen LogP contribution in [-0.2, 0) is 4.79 Å². The molecule has 0 bridgehead atoms. The van der Waals surface area contributed by atoms with Crippen LogP contribution in [0.3, 0.4) is 0 Å². The van der Waals surface area contributed by atoms with Crippen molar-refractivity contribution in [3.05, 3.63) is 82.6 Å².